The minimum absolute atomic E-state index is 0.0464. The molecule has 2 rings (SSSR count). The molecule has 1 heterocycles. The lowest BCUT2D eigenvalue weighted by atomic mass is 10.0. The van der Waals surface area contributed by atoms with Gasteiger partial charge in [-0.05, 0) is 5.56 Å². The minimum Gasteiger partial charge on any atom is -0.480 e. The minimum atomic E-state index is -0.962. The first-order chi connectivity index (χ1) is 9.09. The normalized spacial score (nSPS) is 17.9. The average Bonchev–Trinajstić information content (AvgIpc) is 2.40. The molecule has 1 aromatic carbocycles. The van der Waals surface area contributed by atoms with E-state index in [-0.39, 0.29) is 5.69 Å². The highest BCUT2D eigenvalue weighted by molar-refractivity contribution is 5.75. The first-order valence-corrected chi connectivity index (χ1v) is 5.88. The molecule has 1 N–H and O–H groups in total. The topological polar surface area (TPSA) is 92.9 Å². The van der Waals surface area contributed by atoms with Gasteiger partial charge in [-0.15, -0.1) is 0 Å². The van der Waals surface area contributed by atoms with Crippen LogP contribution in [-0.4, -0.2) is 47.2 Å². The van der Waals surface area contributed by atoms with E-state index in [1.165, 1.54) is 24.3 Å². The van der Waals surface area contributed by atoms with E-state index in [0.29, 0.717) is 31.9 Å². The molecule has 0 saturated carbocycles. The first-order valence-electron chi connectivity index (χ1n) is 5.88. The maximum atomic E-state index is 11.4. The van der Waals surface area contributed by atoms with E-state index in [1.807, 2.05) is 0 Å². The molecule has 7 heteroatoms. The van der Waals surface area contributed by atoms with Crippen LogP contribution in [0.4, 0.5) is 5.69 Å². The third-order valence-electron chi connectivity index (χ3n) is 3.06. The smallest absolute Gasteiger partial charge is 0.325 e. The highest BCUT2D eigenvalue weighted by atomic mass is 16.6. The second kappa shape index (κ2) is 5.77. The summed E-state index contributed by atoms with van der Waals surface area (Å²) in [5.41, 5.74) is 0.495. The van der Waals surface area contributed by atoms with Crippen LogP contribution < -0.4 is 0 Å². The largest absolute Gasteiger partial charge is 0.480 e. The highest BCUT2D eigenvalue weighted by Gasteiger charge is 2.28. The van der Waals surface area contributed by atoms with Crippen LogP contribution in [0.3, 0.4) is 0 Å². The Bertz CT molecular complexity index is 468. The molecule has 1 unspecified atom stereocenters. The molecular formula is C12H14N2O5. The Balaban J connectivity index is 2.23. The summed E-state index contributed by atoms with van der Waals surface area (Å²) in [4.78, 5) is 23.3. The van der Waals surface area contributed by atoms with E-state index in [0.717, 1.165) is 0 Å². The zero-order valence-corrected chi connectivity index (χ0v) is 10.2. The van der Waals surface area contributed by atoms with Gasteiger partial charge in [0.05, 0.1) is 18.1 Å². The van der Waals surface area contributed by atoms with E-state index in [9.17, 15) is 20.0 Å². The number of carboxylic acids is 1. The summed E-state index contributed by atoms with van der Waals surface area (Å²) in [5.74, 6) is -0.962. The fourth-order valence-corrected chi connectivity index (χ4v) is 2.12. The number of nitro groups is 1. The molecule has 1 atom stereocenters. The number of hydrogen-bond acceptors (Lipinski definition) is 5. The van der Waals surface area contributed by atoms with Crippen molar-refractivity contribution in [3.63, 3.8) is 0 Å². The molecule has 0 amide bonds. The molecule has 1 aliphatic rings. The molecule has 1 aliphatic heterocycles. The fourth-order valence-electron chi connectivity index (χ4n) is 2.12. The van der Waals surface area contributed by atoms with E-state index in [2.05, 4.69) is 0 Å². The fraction of sp³-hybridized carbons (Fsp3) is 0.417. The maximum absolute atomic E-state index is 11.4. The summed E-state index contributed by atoms with van der Waals surface area (Å²) in [6, 6.07) is 4.85. The lowest BCUT2D eigenvalue weighted by Gasteiger charge is -2.32. The number of aliphatic carboxylic acids is 1. The lowest BCUT2D eigenvalue weighted by molar-refractivity contribution is -0.384. The second-order valence-corrected chi connectivity index (χ2v) is 4.24. The number of benzene rings is 1. The van der Waals surface area contributed by atoms with Crippen LogP contribution in [0.1, 0.15) is 11.6 Å². The van der Waals surface area contributed by atoms with E-state index in [1.54, 1.807) is 4.90 Å². The number of nitro benzene ring substituents is 1. The van der Waals surface area contributed by atoms with Crippen molar-refractivity contribution >= 4 is 11.7 Å². The summed E-state index contributed by atoms with van der Waals surface area (Å²) in [6.07, 6.45) is 0. The molecular weight excluding hydrogens is 252 g/mol. The van der Waals surface area contributed by atoms with Gasteiger partial charge in [0.15, 0.2) is 0 Å². The number of morpholine rings is 1. The van der Waals surface area contributed by atoms with Crippen LogP contribution in [-0.2, 0) is 9.53 Å². The van der Waals surface area contributed by atoms with E-state index < -0.39 is 16.9 Å². The number of ether oxygens (including phenoxy) is 1. The van der Waals surface area contributed by atoms with Gasteiger partial charge >= 0.3 is 5.97 Å². The van der Waals surface area contributed by atoms with E-state index in [4.69, 9.17) is 4.74 Å². The van der Waals surface area contributed by atoms with Crippen molar-refractivity contribution in [3.8, 4) is 0 Å². The number of carboxylic acid groups (broad SMARTS) is 1. The maximum Gasteiger partial charge on any atom is 0.325 e. The molecule has 1 saturated heterocycles. The predicted molar refractivity (Wildman–Crippen MR) is 65.9 cm³/mol. The molecule has 0 bridgehead atoms. The number of nitrogens with zero attached hydrogens (tertiary/aromatic N) is 2. The van der Waals surface area contributed by atoms with Gasteiger partial charge in [0, 0.05) is 25.2 Å². The molecule has 0 aliphatic carbocycles. The lowest BCUT2D eigenvalue weighted by Crippen LogP contribution is -2.42. The molecule has 1 fully saturated rings. The van der Waals surface area contributed by atoms with Crippen LogP contribution in [0, 0.1) is 10.1 Å². The number of carbonyl (C=O) groups is 1. The van der Waals surface area contributed by atoms with Crippen molar-refractivity contribution in [1.29, 1.82) is 0 Å². The van der Waals surface area contributed by atoms with Crippen molar-refractivity contribution in [3.05, 3.63) is 39.9 Å². The van der Waals surface area contributed by atoms with Gasteiger partial charge in [0.1, 0.15) is 6.04 Å². The third-order valence-corrected chi connectivity index (χ3v) is 3.06. The van der Waals surface area contributed by atoms with Crippen LogP contribution in [0.15, 0.2) is 24.3 Å². The molecule has 7 nitrogen and oxygen atoms in total. The molecule has 102 valence electrons. The highest BCUT2D eigenvalue weighted by Crippen LogP contribution is 2.24. The number of non-ortho nitro benzene ring substituents is 1. The monoisotopic (exact) mass is 266 g/mol. The summed E-state index contributed by atoms with van der Waals surface area (Å²) in [6.45, 7) is 2.06. The Morgan fingerprint density at radius 2 is 1.89 bits per heavy atom. The van der Waals surface area contributed by atoms with Gasteiger partial charge in [-0.1, -0.05) is 12.1 Å². The van der Waals surface area contributed by atoms with Crippen LogP contribution in [0.2, 0.25) is 0 Å². The first kappa shape index (κ1) is 13.4. The molecule has 0 radical (unpaired) electrons. The zero-order valence-electron chi connectivity index (χ0n) is 10.2. The van der Waals surface area contributed by atoms with Gasteiger partial charge in [0.2, 0.25) is 0 Å². The second-order valence-electron chi connectivity index (χ2n) is 4.24. The third kappa shape index (κ3) is 3.07. The summed E-state index contributed by atoms with van der Waals surface area (Å²) in [7, 11) is 0. The Hall–Kier alpha value is -1.99. The Morgan fingerprint density at radius 3 is 2.37 bits per heavy atom. The van der Waals surface area contributed by atoms with Gasteiger partial charge < -0.3 is 9.84 Å². The van der Waals surface area contributed by atoms with Crippen molar-refractivity contribution in [2.45, 2.75) is 6.04 Å². The summed E-state index contributed by atoms with van der Waals surface area (Å²) in [5, 5.41) is 19.9. The van der Waals surface area contributed by atoms with Gasteiger partial charge in [-0.2, -0.15) is 0 Å². The van der Waals surface area contributed by atoms with Crippen LogP contribution in [0.5, 0.6) is 0 Å². The van der Waals surface area contributed by atoms with E-state index >= 15 is 0 Å². The summed E-state index contributed by atoms with van der Waals surface area (Å²) >= 11 is 0. The Labute approximate surface area is 109 Å². The average molecular weight is 266 g/mol. The Kier molecular flexibility index (Phi) is 4.08. The van der Waals surface area contributed by atoms with Crippen molar-refractivity contribution in [2.75, 3.05) is 26.3 Å². The number of rotatable bonds is 4. The standard InChI is InChI=1S/C12H14N2O5/c15-12(16)11(13-5-7-19-8-6-13)9-1-3-10(4-2-9)14(17)18/h1-4,11H,5-8H2,(H,15,16). The van der Waals surface area contributed by atoms with Crippen molar-refractivity contribution in [2.24, 2.45) is 0 Å². The molecule has 0 aromatic heterocycles. The van der Waals surface area contributed by atoms with Crippen LogP contribution >= 0.6 is 0 Å². The van der Waals surface area contributed by atoms with Crippen LogP contribution in [0.25, 0.3) is 0 Å². The molecule has 19 heavy (non-hydrogen) atoms. The SMILES string of the molecule is O=C(O)C(c1ccc([N+](=O)[O-])cc1)N1CCOCC1. The van der Waals surface area contributed by atoms with Crippen molar-refractivity contribution < 1.29 is 19.6 Å². The van der Waals surface area contributed by atoms with Gasteiger partial charge in [-0.25, -0.2) is 0 Å². The summed E-state index contributed by atoms with van der Waals surface area (Å²) < 4.78 is 5.19. The van der Waals surface area contributed by atoms with Crippen molar-refractivity contribution in [1.82, 2.24) is 4.90 Å². The zero-order chi connectivity index (χ0) is 13.8. The van der Waals surface area contributed by atoms with Gasteiger partial charge in [0.25, 0.3) is 5.69 Å². The number of hydrogen-bond donors (Lipinski definition) is 1. The van der Waals surface area contributed by atoms with Gasteiger partial charge in [-0.3, -0.25) is 19.8 Å². The quantitative estimate of drug-likeness (QED) is 0.646. The molecule has 0 spiro atoms. The predicted octanol–water partition coefficient (Wildman–Crippen LogP) is 1.05. The Morgan fingerprint density at radius 1 is 1.32 bits per heavy atom. The molecule has 1 aromatic rings.